The second-order valence-corrected chi connectivity index (χ2v) is 6.84. The highest BCUT2D eigenvalue weighted by molar-refractivity contribution is 7.89. The zero-order valence-corrected chi connectivity index (χ0v) is 12.2. The Hall–Kier alpha value is -0.910. The van der Waals surface area contributed by atoms with Crippen LogP contribution in [0.5, 0.6) is 0 Å². The van der Waals surface area contributed by atoms with Gasteiger partial charge >= 0.3 is 0 Å². The maximum absolute atomic E-state index is 12.1. The van der Waals surface area contributed by atoms with E-state index < -0.39 is 10.0 Å². The Morgan fingerprint density at radius 2 is 1.89 bits per heavy atom. The Morgan fingerprint density at radius 1 is 1.21 bits per heavy atom. The van der Waals surface area contributed by atoms with Crippen LogP contribution in [0.15, 0.2) is 29.2 Å². The van der Waals surface area contributed by atoms with Crippen molar-refractivity contribution >= 4 is 10.0 Å². The maximum atomic E-state index is 12.1. The molecule has 4 nitrogen and oxygen atoms in total. The third-order valence-corrected chi connectivity index (χ3v) is 5.04. The predicted octanol–water partition coefficient (Wildman–Crippen LogP) is 1.87. The SMILES string of the molecule is CCNCc1ccc(S(=O)(=O)NCC2CCC2)cc1. The van der Waals surface area contributed by atoms with Crippen LogP contribution in [0.4, 0.5) is 0 Å². The minimum absolute atomic E-state index is 0.354. The summed E-state index contributed by atoms with van der Waals surface area (Å²) in [6.45, 7) is 4.29. The smallest absolute Gasteiger partial charge is 0.240 e. The molecule has 1 aromatic rings. The van der Waals surface area contributed by atoms with Crippen molar-refractivity contribution in [3.05, 3.63) is 29.8 Å². The van der Waals surface area contributed by atoms with Gasteiger partial charge in [-0.1, -0.05) is 25.5 Å². The van der Waals surface area contributed by atoms with E-state index in [0.717, 1.165) is 31.5 Å². The number of nitrogens with one attached hydrogen (secondary N) is 2. The molecule has 1 aliphatic rings. The van der Waals surface area contributed by atoms with Gasteiger partial charge in [0.25, 0.3) is 0 Å². The normalized spacial score (nSPS) is 16.3. The van der Waals surface area contributed by atoms with E-state index in [1.54, 1.807) is 12.1 Å². The summed E-state index contributed by atoms with van der Waals surface area (Å²) >= 11 is 0. The van der Waals surface area contributed by atoms with Gasteiger partial charge in [-0.3, -0.25) is 0 Å². The second kappa shape index (κ2) is 6.50. The van der Waals surface area contributed by atoms with Gasteiger partial charge in [-0.25, -0.2) is 13.1 Å². The zero-order chi connectivity index (χ0) is 13.7. The molecule has 0 heterocycles. The van der Waals surface area contributed by atoms with Crippen molar-refractivity contribution in [3.8, 4) is 0 Å². The third-order valence-electron chi connectivity index (χ3n) is 3.60. The topological polar surface area (TPSA) is 58.2 Å². The van der Waals surface area contributed by atoms with Gasteiger partial charge in [0.05, 0.1) is 4.90 Å². The number of benzene rings is 1. The second-order valence-electron chi connectivity index (χ2n) is 5.07. The molecule has 19 heavy (non-hydrogen) atoms. The van der Waals surface area contributed by atoms with Crippen molar-refractivity contribution in [1.29, 1.82) is 0 Å². The van der Waals surface area contributed by atoms with E-state index in [2.05, 4.69) is 10.0 Å². The summed E-state index contributed by atoms with van der Waals surface area (Å²) in [5, 5.41) is 3.21. The van der Waals surface area contributed by atoms with E-state index in [1.807, 2.05) is 19.1 Å². The van der Waals surface area contributed by atoms with E-state index in [-0.39, 0.29) is 0 Å². The standard InChI is InChI=1S/C14H22N2O2S/c1-2-15-10-13-6-8-14(9-7-13)19(17,18)16-11-12-4-3-5-12/h6-9,12,15-16H,2-5,10-11H2,1H3. The lowest BCUT2D eigenvalue weighted by atomic mass is 9.86. The molecule has 0 bridgehead atoms. The van der Waals surface area contributed by atoms with Gasteiger partial charge < -0.3 is 5.32 Å². The van der Waals surface area contributed by atoms with E-state index in [4.69, 9.17) is 0 Å². The minimum atomic E-state index is -3.34. The Labute approximate surface area is 115 Å². The first-order valence-electron chi connectivity index (χ1n) is 6.91. The monoisotopic (exact) mass is 282 g/mol. The van der Waals surface area contributed by atoms with Crippen LogP contribution in [0.3, 0.4) is 0 Å². The molecule has 5 heteroatoms. The highest BCUT2D eigenvalue weighted by atomic mass is 32.2. The van der Waals surface area contributed by atoms with Gasteiger partial charge in [-0.2, -0.15) is 0 Å². The highest BCUT2D eigenvalue weighted by Crippen LogP contribution is 2.25. The summed E-state index contributed by atoms with van der Waals surface area (Å²) < 4.78 is 26.8. The zero-order valence-electron chi connectivity index (χ0n) is 11.4. The molecular formula is C14H22N2O2S. The first-order chi connectivity index (χ1) is 9.12. The van der Waals surface area contributed by atoms with Gasteiger partial charge in [0, 0.05) is 13.1 Å². The maximum Gasteiger partial charge on any atom is 0.240 e. The molecule has 0 saturated heterocycles. The van der Waals surface area contributed by atoms with E-state index >= 15 is 0 Å². The van der Waals surface area contributed by atoms with Gasteiger partial charge in [-0.05, 0) is 43.0 Å². The Kier molecular flexibility index (Phi) is 4.96. The molecular weight excluding hydrogens is 260 g/mol. The van der Waals surface area contributed by atoms with E-state index in [1.165, 1.54) is 6.42 Å². The predicted molar refractivity (Wildman–Crippen MR) is 76.4 cm³/mol. The molecule has 0 radical (unpaired) electrons. The Bertz CT molecular complexity index is 493. The quantitative estimate of drug-likeness (QED) is 0.803. The van der Waals surface area contributed by atoms with Gasteiger partial charge in [0.15, 0.2) is 0 Å². The first-order valence-corrected chi connectivity index (χ1v) is 8.39. The molecule has 1 aliphatic carbocycles. The Balaban J connectivity index is 1.94. The van der Waals surface area contributed by atoms with Gasteiger partial charge in [0.1, 0.15) is 0 Å². The van der Waals surface area contributed by atoms with Crippen molar-refractivity contribution in [2.24, 2.45) is 5.92 Å². The summed E-state index contributed by atoms with van der Waals surface area (Å²) in [5.41, 5.74) is 1.10. The lowest BCUT2D eigenvalue weighted by Gasteiger charge is -2.25. The van der Waals surface area contributed by atoms with Crippen LogP contribution in [0, 0.1) is 5.92 Å². The molecule has 1 fully saturated rings. The van der Waals surface area contributed by atoms with Crippen molar-refractivity contribution in [3.63, 3.8) is 0 Å². The number of rotatable bonds is 7. The average Bonchev–Trinajstić information content (AvgIpc) is 2.35. The first kappa shape index (κ1) is 14.5. The summed E-state index contributed by atoms with van der Waals surface area (Å²) in [5.74, 6) is 0.530. The molecule has 0 aliphatic heterocycles. The molecule has 1 saturated carbocycles. The van der Waals surface area contributed by atoms with Gasteiger partial charge in [-0.15, -0.1) is 0 Å². The summed E-state index contributed by atoms with van der Waals surface area (Å²) in [6, 6.07) is 7.08. The van der Waals surface area contributed by atoms with Crippen LogP contribution in [-0.4, -0.2) is 21.5 Å². The van der Waals surface area contributed by atoms with Crippen molar-refractivity contribution in [2.75, 3.05) is 13.1 Å². The molecule has 1 aromatic carbocycles. The number of hydrogen-bond acceptors (Lipinski definition) is 3. The van der Waals surface area contributed by atoms with E-state index in [9.17, 15) is 8.42 Å². The molecule has 2 N–H and O–H groups in total. The molecule has 0 spiro atoms. The fourth-order valence-corrected chi connectivity index (χ4v) is 3.18. The lowest BCUT2D eigenvalue weighted by molar-refractivity contribution is 0.316. The van der Waals surface area contributed by atoms with E-state index in [0.29, 0.717) is 17.4 Å². The number of hydrogen-bond donors (Lipinski definition) is 2. The molecule has 106 valence electrons. The molecule has 0 atom stereocenters. The fraction of sp³-hybridized carbons (Fsp3) is 0.571. The summed E-state index contributed by atoms with van der Waals surface area (Å²) in [7, 11) is -3.34. The summed E-state index contributed by atoms with van der Waals surface area (Å²) in [4.78, 5) is 0.354. The largest absolute Gasteiger partial charge is 0.313 e. The molecule has 0 unspecified atom stereocenters. The average molecular weight is 282 g/mol. The number of sulfonamides is 1. The van der Waals surface area contributed by atoms with Crippen LogP contribution < -0.4 is 10.0 Å². The fourth-order valence-electron chi connectivity index (χ4n) is 2.06. The third kappa shape index (κ3) is 4.03. The highest BCUT2D eigenvalue weighted by Gasteiger charge is 2.21. The van der Waals surface area contributed by atoms with Crippen LogP contribution >= 0.6 is 0 Å². The van der Waals surface area contributed by atoms with Crippen LogP contribution in [0.1, 0.15) is 31.7 Å². The summed E-state index contributed by atoms with van der Waals surface area (Å²) in [6.07, 6.45) is 3.51. The van der Waals surface area contributed by atoms with Gasteiger partial charge in [0.2, 0.25) is 10.0 Å². The van der Waals surface area contributed by atoms with Crippen LogP contribution in [0.25, 0.3) is 0 Å². The Morgan fingerprint density at radius 3 is 2.42 bits per heavy atom. The van der Waals surface area contributed by atoms with Crippen LogP contribution in [0.2, 0.25) is 0 Å². The molecule has 2 rings (SSSR count). The van der Waals surface area contributed by atoms with Crippen molar-refractivity contribution < 1.29 is 8.42 Å². The van der Waals surface area contributed by atoms with Crippen molar-refractivity contribution in [2.45, 2.75) is 37.6 Å². The lowest BCUT2D eigenvalue weighted by Crippen LogP contribution is -2.32. The molecule has 0 aromatic heterocycles. The van der Waals surface area contributed by atoms with Crippen molar-refractivity contribution in [1.82, 2.24) is 10.0 Å². The minimum Gasteiger partial charge on any atom is -0.313 e. The molecule has 0 amide bonds. The van der Waals surface area contributed by atoms with Crippen LogP contribution in [-0.2, 0) is 16.6 Å².